The zero-order valence-corrected chi connectivity index (χ0v) is 10.2. The van der Waals surface area contributed by atoms with Gasteiger partial charge in [-0.2, -0.15) is 0 Å². The molecule has 0 spiro atoms. The number of aromatic nitrogens is 3. The van der Waals surface area contributed by atoms with Crippen LogP contribution in [0.3, 0.4) is 0 Å². The minimum absolute atomic E-state index is 0.0105. The number of hydrogen-bond donors (Lipinski definition) is 1. The fourth-order valence-electron chi connectivity index (χ4n) is 1.73. The molecule has 1 N–H and O–H groups in total. The summed E-state index contributed by atoms with van der Waals surface area (Å²) in [7, 11) is 0. The topological polar surface area (TPSA) is 76.0 Å². The predicted octanol–water partition coefficient (Wildman–Crippen LogP) is 2.11. The molecule has 18 heavy (non-hydrogen) atoms. The fourth-order valence-corrected chi connectivity index (χ4v) is 1.73. The van der Waals surface area contributed by atoms with Gasteiger partial charge in [-0.3, -0.25) is 4.98 Å². The maximum Gasteiger partial charge on any atom is 0.354 e. The largest absolute Gasteiger partial charge is 0.477 e. The van der Waals surface area contributed by atoms with Crippen LogP contribution in [-0.4, -0.2) is 26.0 Å². The lowest BCUT2D eigenvalue weighted by Gasteiger charge is -2.07. The van der Waals surface area contributed by atoms with Crippen LogP contribution in [0, 0.1) is 6.92 Å². The first-order chi connectivity index (χ1) is 8.61. The lowest BCUT2D eigenvalue weighted by molar-refractivity contribution is 0.0690. The second-order valence-corrected chi connectivity index (χ2v) is 3.91. The first-order valence-corrected chi connectivity index (χ1v) is 5.64. The Hall–Kier alpha value is -2.30. The number of carboxylic acids is 1. The SMILES string of the molecule is CCc1cnccc1-c1nc(C)cc(C(=O)O)n1. The van der Waals surface area contributed by atoms with Gasteiger partial charge in [0.2, 0.25) is 0 Å². The van der Waals surface area contributed by atoms with Crippen molar-refractivity contribution >= 4 is 5.97 Å². The van der Waals surface area contributed by atoms with Gasteiger partial charge in [-0.25, -0.2) is 14.8 Å². The number of hydrogen-bond acceptors (Lipinski definition) is 4. The summed E-state index contributed by atoms with van der Waals surface area (Å²) in [6, 6.07) is 3.26. The molecule has 0 unspecified atom stereocenters. The normalized spacial score (nSPS) is 10.3. The summed E-state index contributed by atoms with van der Waals surface area (Å²) in [5.74, 6) is -0.611. The van der Waals surface area contributed by atoms with Crippen molar-refractivity contribution in [1.82, 2.24) is 15.0 Å². The Balaban J connectivity index is 2.60. The quantitative estimate of drug-likeness (QED) is 0.893. The molecule has 0 fully saturated rings. The molecule has 0 aliphatic rings. The van der Waals surface area contributed by atoms with Crippen molar-refractivity contribution < 1.29 is 9.90 Å². The van der Waals surface area contributed by atoms with Crippen molar-refractivity contribution in [2.45, 2.75) is 20.3 Å². The van der Waals surface area contributed by atoms with Crippen LogP contribution >= 0.6 is 0 Å². The number of carboxylic acid groups (broad SMARTS) is 1. The molecule has 92 valence electrons. The Kier molecular flexibility index (Phi) is 3.32. The van der Waals surface area contributed by atoms with Gasteiger partial charge in [0.15, 0.2) is 11.5 Å². The molecule has 2 aromatic heterocycles. The van der Waals surface area contributed by atoms with E-state index in [-0.39, 0.29) is 5.69 Å². The third kappa shape index (κ3) is 2.34. The number of aryl methyl sites for hydroxylation is 2. The van der Waals surface area contributed by atoms with Crippen LogP contribution < -0.4 is 0 Å². The van der Waals surface area contributed by atoms with E-state index in [1.807, 2.05) is 6.92 Å². The van der Waals surface area contributed by atoms with Gasteiger partial charge >= 0.3 is 5.97 Å². The van der Waals surface area contributed by atoms with E-state index < -0.39 is 5.97 Å². The van der Waals surface area contributed by atoms with E-state index in [1.165, 1.54) is 6.07 Å². The Morgan fingerprint density at radius 2 is 2.17 bits per heavy atom. The summed E-state index contributed by atoms with van der Waals surface area (Å²) in [6.45, 7) is 3.76. The summed E-state index contributed by atoms with van der Waals surface area (Å²) >= 11 is 0. The van der Waals surface area contributed by atoms with Gasteiger partial charge < -0.3 is 5.11 Å². The molecule has 2 rings (SSSR count). The average molecular weight is 243 g/mol. The third-order valence-electron chi connectivity index (χ3n) is 2.60. The van der Waals surface area contributed by atoms with E-state index in [2.05, 4.69) is 15.0 Å². The predicted molar refractivity (Wildman–Crippen MR) is 66.3 cm³/mol. The highest BCUT2D eigenvalue weighted by Crippen LogP contribution is 2.20. The summed E-state index contributed by atoms with van der Waals surface area (Å²) < 4.78 is 0. The highest BCUT2D eigenvalue weighted by Gasteiger charge is 2.12. The maximum absolute atomic E-state index is 11.0. The molecule has 0 atom stereocenters. The Morgan fingerprint density at radius 3 is 2.83 bits per heavy atom. The minimum Gasteiger partial charge on any atom is -0.477 e. The number of aromatic carboxylic acids is 1. The van der Waals surface area contributed by atoms with Gasteiger partial charge in [-0.15, -0.1) is 0 Å². The van der Waals surface area contributed by atoms with Gasteiger partial charge in [-0.05, 0) is 31.0 Å². The molecule has 0 aromatic carbocycles. The van der Waals surface area contributed by atoms with Gasteiger partial charge in [-0.1, -0.05) is 6.92 Å². The molecular formula is C13H13N3O2. The minimum atomic E-state index is -1.05. The molecule has 0 aliphatic carbocycles. The van der Waals surface area contributed by atoms with Gasteiger partial charge in [0.1, 0.15) is 0 Å². The molecule has 0 saturated heterocycles. The molecule has 0 aliphatic heterocycles. The smallest absolute Gasteiger partial charge is 0.354 e. The van der Waals surface area contributed by atoms with E-state index in [1.54, 1.807) is 25.4 Å². The van der Waals surface area contributed by atoms with E-state index in [0.29, 0.717) is 11.5 Å². The molecule has 0 amide bonds. The highest BCUT2D eigenvalue weighted by molar-refractivity contribution is 5.86. The van der Waals surface area contributed by atoms with Crippen molar-refractivity contribution in [2.24, 2.45) is 0 Å². The first kappa shape index (κ1) is 12.2. The zero-order valence-electron chi connectivity index (χ0n) is 10.2. The van der Waals surface area contributed by atoms with E-state index in [0.717, 1.165) is 17.5 Å². The molecule has 5 heteroatoms. The average Bonchev–Trinajstić information content (AvgIpc) is 2.38. The summed E-state index contributed by atoms with van der Waals surface area (Å²) in [4.78, 5) is 23.4. The maximum atomic E-state index is 11.0. The third-order valence-corrected chi connectivity index (χ3v) is 2.60. The van der Waals surface area contributed by atoms with Crippen LogP contribution in [0.4, 0.5) is 0 Å². The van der Waals surface area contributed by atoms with Crippen LogP contribution in [0.1, 0.15) is 28.7 Å². The molecule has 2 aromatic rings. The number of rotatable bonds is 3. The second-order valence-electron chi connectivity index (χ2n) is 3.91. The molecular weight excluding hydrogens is 230 g/mol. The van der Waals surface area contributed by atoms with E-state index >= 15 is 0 Å². The van der Waals surface area contributed by atoms with Crippen LogP contribution in [0.15, 0.2) is 24.5 Å². The first-order valence-electron chi connectivity index (χ1n) is 5.64. The summed E-state index contributed by atoms with van der Waals surface area (Å²) in [5.41, 5.74) is 2.48. The fraction of sp³-hybridized carbons (Fsp3) is 0.231. The standard InChI is InChI=1S/C13H13N3O2/c1-3-9-7-14-5-4-10(9)12-15-8(2)6-11(16-12)13(17)18/h4-7H,3H2,1-2H3,(H,17,18). The monoisotopic (exact) mass is 243 g/mol. The molecule has 0 bridgehead atoms. The summed E-state index contributed by atoms with van der Waals surface area (Å²) in [5, 5.41) is 9.00. The Bertz CT molecular complexity index is 597. The van der Waals surface area contributed by atoms with Crippen molar-refractivity contribution in [3.63, 3.8) is 0 Å². The second kappa shape index (κ2) is 4.91. The van der Waals surface area contributed by atoms with Crippen LogP contribution in [0.2, 0.25) is 0 Å². The number of nitrogens with zero attached hydrogens (tertiary/aromatic N) is 3. The van der Waals surface area contributed by atoms with Crippen LogP contribution in [0.5, 0.6) is 0 Å². The lowest BCUT2D eigenvalue weighted by atomic mass is 10.1. The van der Waals surface area contributed by atoms with Gasteiger partial charge in [0.05, 0.1) is 0 Å². The Morgan fingerprint density at radius 1 is 1.39 bits per heavy atom. The lowest BCUT2D eigenvalue weighted by Crippen LogP contribution is -2.05. The molecule has 0 saturated carbocycles. The van der Waals surface area contributed by atoms with Crippen LogP contribution in [-0.2, 0) is 6.42 Å². The van der Waals surface area contributed by atoms with Crippen LogP contribution in [0.25, 0.3) is 11.4 Å². The van der Waals surface area contributed by atoms with Gasteiger partial charge in [0.25, 0.3) is 0 Å². The molecule has 2 heterocycles. The molecule has 0 radical (unpaired) electrons. The van der Waals surface area contributed by atoms with Crippen molar-refractivity contribution in [2.75, 3.05) is 0 Å². The van der Waals surface area contributed by atoms with Crippen molar-refractivity contribution in [3.8, 4) is 11.4 Å². The Labute approximate surface area is 105 Å². The number of pyridine rings is 1. The number of carbonyl (C=O) groups is 1. The van der Waals surface area contributed by atoms with E-state index in [4.69, 9.17) is 5.11 Å². The van der Waals surface area contributed by atoms with Crippen molar-refractivity contribution in [1.29, 1.82) is 0 Å². The highest BCUT2D eigenvalue weighted by atomic mass is 16.4. The van der Waals surface area contributed by atoms with Gasteiger partial charge in [0, 0.05) is 23.7 Å². The molecule has 5 nitrogen and oxygen atoms in total. The summed E-state index contributed by atoms with van der Waals surface area (Å²) in [6.07, 6.45) is 4.20. The van der Waals surface area contributed by atoms with E-state index in [9.17, 15) is 4.79 Å². The zero-order chi connectivity index (χ0) is 13.1. The van der Waals surface area contributed by atoms with Crippen molar-refractivity contribution in [3.05, 3.63) is 41.5 Å².